The van der Waals surface area contributed by atoms with Crippen LogP contribution >= 0.6 is 11.6 Å². The van der Waals surface area contributed by atoms with Crippen LogP contribution in [0.3, 0.4) is 0 Å². The number of alkyl halides is 4. The molecule has 0 aliphatic heterocycles. The van der Waals surface area contributed by atoms with Crippen LogP contribution in [0.4, 0.5) is 22.0 Å². The van der Waals surface area contributed by atoms with Crippen molar-refractivity contribution in [1.29, 1.82) is 0 Å². The topological polar surface area (TPSA) is 128 Å². The van der Waals surface area contributed by atoms with E-state index in [9.17, 15) is 22.8 Å². The maximum Gasteiger partial charge on any atom is 0.345 e. The van der Waals surface area contributed by atoms with Gasteiger partial charge in [-0.1, -0.05) is 16.8 Å². The van der Waals surface area contributed by atoms with Gasteiger partial charge in [-0.05, 0) is 28.6 Å². The maximum absolute atomic E-state index is 15.2. The average molecular weight is 583 g/mol. The summed E-state index contributed by atoms with van der Waals surface area (Å²) in [7, 11) is 0. The zero-order chi connectivity index (χ0) is 28.4. The van der Waals surface area contributed by atoms with Crippen LogP contribution < -0.4 is 4.73 Å². The molecule has 208 valence electrons. The number of nitrogens with zero attached hydrogens (tertiary/aromatic N) is 10. The number of aromatic nitrogens is 10. The lowest BCUT2D eigenvalue weighted by Crippen LogP contribution is -2.35. The molecule has 1 aromatic carbocycles. The molecule has 0 fully saturated rings. The van der Waals surface area contributed by atoms with Crippen molar-refractivity contribution in [2.24, 2.45) is 0 Å². The molecule has 4 aromatic heterocycles. The van der Waals surface area contributed by atoms with E-state index in [0.717, 1.165) is 12.4 Å². The van der Waals surface area contributed by atoms with Crippen molar-refractivity contribution in [3.05, 3.63) is 77.3 Å². The van der Waals surface area contributed by atoms with Gasteiger partial charge in [-0.3, -0.25) is 0 Å². The number of benzene rings is 1. The Bertz CT molecular complexity index is 1610. The van der Waals surface area contributed by atoms with Gasteiger partial charge in [0.15, 0.2) is 12.0 Å². The number of hydrogen-bond donors (Lipinski definition) is 0. The molecule has 0 radical (unpaired) electrons. The van der Waals surface area contributed by atoms with E-state index in [0.29, 0.717) is 9.41 Å². The van der Waals surface area contributed by atoms with Crippen molar-refractivity contribution in [3.63, 3.8) is 0 Å². The van der Waals surface area contributed by atoms with E-state index in [1.807, 2.05) is 0 Å². The van der Waals surface area contributed by atoms with Gasteiger partial charge in [-0.25, -0.2) is 9.37 Å². The molecule has 0 N–H and O–H groups in total. The molecule has 4 heterocycles. The highest BCUT2D eigenvalue weighted by atomic mass is 35.5. The molecule has 40 heavy (non-hydrogen) atoms. The molecule has 12 nitrogen and oxygen atoms in total. The highest BCUT2D eigenvalue weighted by molar-refractivity contribution is 6.31. The molecule has 0 amide bonds. The Morgan fingerprint density at radius 1 is 1.05 bits per heavy atom. The first-order valence-corrected chi connectivity index (χ1v) is 11.7. The summed E-state index contributed by atoms with van der Waals surface area (Å²) < 4.78 is 74.8. The van der Waals surface area contributed by atoms with E-state index in [1.165, 1.54) is 52.4 Å². The van der Waals surface area contributed by atoms with Crippen LogP contribution in [0.2, 0.25) is 5.02 Å². The van der Waals surface area contributed by atoms with Gasteiger partial charge in [0.05, 0.1) is 41.0 Å². The van der Waals surface area contributed by atoms with Crippen molar-refractivity contribution >= 4 is 11.6 Å². The minimum atomic E-state index is -3.05. The second-order valence-corrected chi connectivity index (χ2v) is 8.57. The third kappa shape index (κ3) is 5.32. The molecule has 5 aromatic rings. The lowest BCUT2D eigenvalue weighted by atomic mass is 10.0. The van der Waals surface area contributed by atoms with Crippen LogP contribution in [0.5, 0.6) is 0 Å². The summed E-state index contributed by atoms with van der Waals surface area (Å²) in [5.74, 6) is -0.826. The van der Waals surface area contributed by atoms with Gasteiger partial charge in [-0.2, -0.15) is 31.7 Å². The fourth-order valence-electron chi connectivity index (χ4n) is 4.11. The van der Waals surface area contributed by atoms with Gasteiger partial charge >= 0.3 is 13.2 Å². The molecule has 0 saturated carbocycles. The number of imidazole rings is 1. The second kappa shape index (κ2) is 11.3. The van der Waals surface area contributed by atoms with Crippen LogP contribution in [0.1, 0.15) is 24.7 Å². The van der Waals surface area contributed by atoms with Gasteiger partial charge in [0, 0.05) is 18.7 Å². The summed E-state index contributed by atoms with van der Waals surface area (Å²) in [4.78, 5) is 4.09. The number of pyridine rings is 1. The Morgan fingerprint density at radius 3 is 2.58 bits per heavy atom. The van der Waals surface area contributed by atoms with E-state index in [4.69, 9.17) is 11.6 Å². The highest BCUT2D eigenvalue weighted by Gasteiger charge is 2.26. The summed E-state index contributed by atoms with van der Waals surface area (Å²) >= 11 is 5.99. The Labute approximate surface area is 225 Å². The lowest BCUT2D eigenvalue weighted by molar-refractivity contribution is -0.615. The number of rotatable bonds is 10. The van der Waals surface area contributed by atoms with Gasteiger partial charge in [-0.15, -0.1) is 10.2 Å². The molecule has 5 rings (SSSR count). The summed E-state index contributed by atoms with van der Waals surface area (Å²) in [6, 6.07) is 4.63. The molecule has 1 unspecified atom stereocenters. The molecule has 1 atom stereocenters. The largest absolute Gasteiger partial charge is 0.618 e. The van der Waals surface area contributed by atoms with Crippen molar-refractivity contribution in [2.75, 3.05) is 6.61 Å². The minimum Gasteiger partial charge on any atom is -0.618 e. The van der Waals surface area contributed by atoms with Crippen LogP contribution in [0, 0.1) is 11.0 Å². The number of tetrazole rings is 1. The zero-order valence-electron chi connectivity index (χ0n) is 19.9. The van der Waals surface area contributed by atoms with E-state index in [1.54, 1.807) is 0 Å². The summed E-state index contributed by atoms with van der Waals surface area (Å²) in [5, 5.41) is 30.7. The normalized spacial score (nSPS) is 12.5. The van der Waals surface area contributed by atoms with Gasteiger partial charge in [0.1, 0.15) is 23.8 Å². The lowest BCUT2D eigenvalue weighted by Gasteiger charge is -2.19. The number of halogens is 6. The highest BCUT2D eigenvalue weighted by Crippen LogP contribution is 2.34. The standard InChI is InChI=1S/C22H16ClF5N10O2/c23-13-2-4-17(36-11-31-32-34-36)19(20(13)24)12-1-3-16(37(39)8-12)15(5-6-40-22(27)28)35-9-14(29-10-35)18-7-30-33-38(18)21(25)26/h1-4,7-11,15,21-22H,5-6H2. The Kier molecular flexibility index (Phi) is 7.65. The Morgan fingerprint density at radius 2 is 1.88 bits per heavy atom. The molecule has 0 bridgehead atoms. The second-order valence-electron chi connectivity index (χ2n) is 8.16. The van der Waals surface area contributed by atoms with Gasteiger partial charge in [0.2, 0.25) is 5.69 Å². The Hall–Kier alpha value is -4.51. The predicted octanol–water partition coefficient (Wildman–Crippen LogP) is 3.82. The van der Waals surface area contributed by atoms with Gasteiger partial charge < -0.3 is 14.5 Å². The smallest absolute Gasteiger partial charge is 0.345 e. The zero-order valence-corrected chi connectivity index (χ0v) is 20.7. The first-order valence-electron chi connectivity index (χ1n) is 11.3. The molecule has 0 spiro atoms. The minimum absolute atomic E-state index is 0.0393. The van der Waals surface area contributed by atoms with Crippen LogP contribution in [-0.2, 0) is 4.74 Å². The maximum atomic E-state index is 15.2. The quantitative estimate of drug-likeness (QED) is 0.138. The van der Waals surface area contributed by atoms with E-state index < -0.39 is 31.6 Å². The van der Waals surface area contributed by atoms with E-state index in [-0.39, 0.29) is 45.3 Å². The Balaban J connectivity index is 1.54. The monoisotopic (exact) mass is 582 g/mol. The summed E-state index contributed by atoms with van der Waals surface area (Å²) in [6.45, 7) is -6.50. The molecule has 18 heteroatoms. The van der Waals surface area contributed by atoms with E-state index in [2.05, 4.69) is 35.6 Å². The average Bonchev–Trinajstić information content (AvgIpc) is 3.70. The van der Waals surface area contributed by atoms with Crippen LogP contribution in [-0.4, -0.2) is 58.0 Å². The van der Waals surface area contributed by atoms with Crippen LogP contribution in [0.15, 0.2) is 55.5 Å². The fraction of sp³-hybridized carbons (Fsp3) is 0.227. The first kappa shape index (κ1) is 27.1. The van der Waals surface area contributed by atoms with Crippen LogP contribution in [0.25, 0.3) is 28.2 Å². The van der Waals surface area contributed by atoms with E-state index >= 15 is 4.39 Å². The van der Waals surface area contributed by atoms with Crippen molar-refractivity contribution in [1.82, 2.24) is 44.8 Å². The fourth-order valence-corrected chi connectivity index (χ4v) is 4.26. The molecular formula is C22H16ClF5N10O2. The SMILES string of the molecule is [O-][n+]1cc(-c2c(-n3cnnn3)ccc(Cl)c2F)ccc1C(CCOC(F)F)n1cnc(-c2cnnn2C(F)F)c1. The van der Waals surface area contributed by atoms with Gasteiger partial charge in [0.25, 0.3) is 0 Å². The molecule has 0 aliphatic rings. The van der Waals surface area contributed by atoms with Crippen molar-refractivity contribution in [2.45, 2.75) is 25.6 Å². The third-order valence-electron chi connectivity index (χ3n) is 5.86. The molecule has 0 saturated heterocycles. The summed E-state index contributed by atoms with van der Waals surface area (Å²) in [5.41, 5.74) is 0.234. The number of ether oxygens (including phenoxy) is 1. The third-order valence-corrected chi connectivity index (χ3v) is 6.15. The molecular weight excluding hydrogens is 567 g/mol. The first-order chi connectivity index (χ1) is 19.2. The molecule has 0 aliphatic carbocycles. The summed E-state index contributed by atoms with van der Waals surface area (Å²) in [6.07, 6.45) is 5.84. The van der Waals surface area contributed by atoms with Crippen molar-refractivity contribution in [3.8, 4) is 28.2 Å². The predicted molar refractivity (Wildman–Crippen MR) is 126 cm³/mol. The van der Waals surface area contributed by atoms with Crippen molar-refractivity contribution < 1.29 is 31.4 Å². The number of hydrogen-bond acceptors (Lipinski definition) is 8.